The molecule has 0 saturated heterocycles. The predicted molar refractivity (Wildman–Crippen MR) is 55.8 cm³/mol. The number of hydrogen-bond donors (Lipinski definition) is 2. The van der Waals surface area contributed by atoms with Gasteiger partial charge in [0, 0.05) is 0 Å². The maximum absolute atomic E-state index is 11.2. The van der Waals surface area contributed by atoms with Gasteiger partial charge in [-0.1, -0.05) is 30.3 Å². The number of hydrogen-bond acceptors (Lipinski definition) is 4. The molecule has 0 radical (unpaired) electrons. The van der Waals surface area contributed by atoms with Crippen LogP contribution in [0.5, 0.6) is 0 Å². The number of carbonyl (C=O) groups excluding carboxylic acids is 1. The molecule has 0 unspecified atom stereocenters. The van der Waals surface area contributed by atoms with Crippen molar-refractivity contribution in [3.8, 4) is 0 Å². The van der Waals surface area contributed by atoms with E-state index >= 15 is 0 Å². The van der Waals surface area contributed by atoms with E-state index in [2.05, 4.69) is 10.2 Å². The van der Waals surface area contributed by atoms with Gasteiger partial charge >= 0.3 is 5.97 Å². The Morgan fingerprint density at radius 2 is 2.00 bits per heavy atom. The molecular weight excluding hydrogens is 204 g/mol. The van der Waals surface area contributed by atoms with E-state index in [4.69, 9.17) is 5.84 Å². The molecule has 0 aliphatic heterocycles. The second kappa shape index (κ2) is 6.37. The van der Waals surface area contributed by atoms with Gasteiger partial charge in [-0.25, -0.2) is 10.2 Å². The average molecular weight is 217 g/mol. The molecule has 0 amide bonds. The van der Waals surface area contributed by atoms with E-state index in [1.165, 1.54) is 7.11 Å². The first-order valence-electron chi connectivity index (χ1n) is 3.88. The molecule has 0 saturated carbocycles. The third-order valence-electron chi connectivity index (χ3n) is 1.74. The first-order chi connectivity index (χ1) is 6.29. The lowest BCUT2D eigenvalue weighted by Crippen LogP contribution is -2.34. The highest BCUT2D eigenvalue weighted by molar-refractivity contribution is 5.85. The van der Waals surface area contributed by atoms with E-state index in [1.807, 2.05) is 18.2 Å². The number of esters is 1. The number of nitrogens with one attached hydrogen (secondary N) is 1. The summed E-state index contributed by atoms with van der Waals surface area (Å²) in [5.41, 5.74) is 3.18. The number of nitrogens with two attached hydrogens (primary N) is 1. The van der Waals surface area contributed by atoms with Gasteiger partial charge in [-0.15, -0.1) is 12.4 Å². The Labute approximate surface area is 88.8 Å². The topological polar surface area (TPSA) is 64.3 Å². The van der Waals surface area contributed by atoms with Gasteiger partial charge in [0.25, 0.3) is 0 Å². The predicted octanol–water partition coefficient (Wildman–Crippen LogP) is 0.786. The summed E-state index contributed by atoms with van der Waals surface area (Å²) in [4.78, 5) is 11.2. The molecule has 3 N–H and O–H groups in total. The minimum Gasteiger partial charge on any atom is -0.468 e. The summed E-state index contributed by atoms with van der Waals surface area (Å²) in [5.74, 6) is 4.84. The zero-order valence-electron chi connectivity index (χ0n) is 7.77. The Balaban J connectivity index is 0.00000169. The number of ether oxygens (including phenoxy) is 1. The summed E-state index contributed by atoms with van der Waals surface area (Å²) in [6, 6.07) is 8.56. The van der Waals surface area contributed by atoms with Crippen molar-refractivity contribution in [3.63, 3.8) is 0 Å². The fraction of sp³-hybridized carbons (Fsp3) is 0.222. The third-order valence-corrected chi connectivity index (χ3v) is 1.74. The summed E-state index contributed by atoms with van der Waals surface area (Å²) in [7, 11) is 1.33. The Morgan fingerprint density at radius 3 is 2.43 bits per heavy atom. The van der Waals surface area contributed by atoms with Gasteiger partial charge in [0.1, 0.15) is 6.04 Å². The maximum Gasteiger partial charge on any atom is 0.328 e. The minimum absolute atomic E-state index is 0. The lowest BCUT2D eigenvalue weighted by molar-refractivity contribution is -0.143. The number of rotatable bonds is 3. The van der Waals surface area contributed by atoms with Crippen molar-refractivity contribution >= 4 is 18.4 Å². The van der Waals surface area contributed by atoms with Crippen LogP contribution in [-0.4, -0.2) is 13.1 Å². The van der Waals surface area contributed by atoms with E-state index in [-0.39, 0.29) is 12.4 Å². The van der Waals surface area contributed by atoms with Crippen molar-refractivity contribution in [2.24, 2.45) is 5.84 Å². The molecule has 0 bridgehead atoms. The molecular formula is C9H13ClN2O2. The molecule has 78 valence electrons. The third kappa shape index (κ3) is 2.99. The van der Waals surface area contributed by atoms with Crippen molar-refractivity contribution in [1.29, 1.82) is 0 Å². The normalized spacial score (nSPS) is 11.3. The summed E-state index contributed by atoms with van der Waals surface area (Å²) in [5, 5.41) is 0. The maximum atomic E-state index is 11.2. The molecule has 1 aromatic carbocycles. The van der Waals surface area contributed by atoms with Crippen LogP contribution in [-0.2, 0) is 9.53 Å². The van der Waals surface area contributed by atoms with Gasteiger partial charge in [-0.2, -0.15) is 0 Å². The van der Waals surface area contributed by atoms with Crippen molar-refractivity contribution in [3.05, 3.63) is 35.9 Å². The van der Waals surface area contributed by atoms with Crippen LogP contribution >= 0.6 is 12.4 Å². The van der Waals surface area contributed by atoms with Gasteiger partial charge in [0.2, 0.25) is 0 Å². The van der Waals surface area contributed by atoms with Gasteiger partial charge in [0.05, 0.1) is 7.11 Å². The van der Waals surface area contributed by atoms with Crippen molar-refractivity contribution in [2.75, 3.05) is 7.11 Å². The van der Waals surface area contributed by atoms with E-state index in [9.17, 15) is 4.79 Å². The molecule has 1 aromatic rings. The minimum atomic E-state index is -0.591. The SMILES string of the molecule is COC(=O)[C@@H](NN)c1ccccc1.Cl. The van der Waals surface area contributed by atoms with E-state index in [1.54, 1.807) is 12.1 Å². The van der Waals surface area contributed by atoms with Gasteiger partial charge in [0.15, 0.2) is 0 Å². The number of benzene rings is 1. The van der Waals surface area contributed by atoms with Crippen LogP contribution in [0.25, 0.3) is 0 Å². The quantitative estimate of drug-likeness (QED) is 0.446. The summed E-state index contributed by atoms with van der Waals surface area (Å²) in [6.45, 7) is 0. The molecule has 1 rings (SSSR count). The lowest BCUT2D eigenvalue weighted by Gasteiger charge is -2.12. The largest absolute Gasteiger partial charge is 0.468 e. The molecule has 1 atom stereocenters. The Bertz CT molecular complexity index is 279. The van der Waals surface area contributed by atoms with Crippen LogP contribution in [0.2, 0.25) is 0 Å². The molecule has 0 fully saturated rings. The van der Waals surface area contributed by atoms with Crippen molar-refractivity contribution < 1.29 is 9.53 Å². The monoisotopic (exact) mass is 216 g/mol. The fourth-order valence-electron chi connectivity index (χ4n) is 1.06. The van der Waals surface area contributed by atoms with Crippen LogP contribution in [0.4, 0.5) is 0 Å². The second-order valence-corrected chi connectivity index (χ2v) is 2.53. The van der Waals surface area contributed by atoms with Crippen LogP contribution in [0, 0.1) is 0 Å². The smallest absolute Gasteiger partial charge is 0.328 e. The first-order valence-corrected chi connectivity index (χ1v) is 3.88. The molecule has 0 heterocycles. The highest BCUT2D eigenvalue weighted by Crippen LogP contribution is 2.12. The molecule has 0 aromatic heterocycles. The van der Waals surface area contributed by atoms with Crippen LogP contribution in [0.3, 0.4) is 0 Å². The summed E-state index contributed by atoms with van der Waals surface area (Å²) in [6.07, 6.45) is 0. The Hall–Kier alpha value is -1.10. The molecule has 14 heavy (non-hydrogen) atoms. The molecule has 4 nitrogen and oxygen atoms in total. The van der Waals surface area contributed by atoms with Crippen LogP contribution < -0.4 is 11.3 Å². The van der Waals surface area contributed by atoms with Crippen molar-refractivity contribution in [1.82, 2.24) is 5.43 Å². The van der Waals surface area contributed by atoms with Gasteiger partial charge in [-0.05, 0) is 5.56 Å². The summed E-state index contributed by atoms with van der Waals surface area (Å²) < 4.78 is 4.58. The zero-order chi connectivity index (χ0) is 9.68. The van der Waals surface area contributed by atoms with Crippen LogP contribution in [0.15, 0.2) is 30.3 Å². The lowest BCUT2D eigenvalue weighted by atomic mass is 10.1. The number of carbonyl (C=O) groups is 1. The fourth-order valence-corrected chi connectivity index (χ4v) is 1.06. The molecule has 0 aliphatic carbocycles. The summed E-state index contributed by atoms with van der Waals surface area (Å²) >= 11 is 0. The van der Waals surface area contributed by atoms with E-state index in [0.717, 1.165) is 5.56 Å². The Kier molecular flexibility index (Phi) is 5.87. The van der Waals surface area contributed by atoms with E-state index in [0.29, 0.717) is 0 Å². The van der Waals surface area contributed by atoms with Gasteiger partial charge in [-0.3, -0.25) is 5.84 Å². The number of halogens is 1. The second-order valence-electron chi connectivity index (χ2n) is 2.53. The standard InChI is InChI=1S/C9H12N2O2.ClH/c1-13-9(12)8(11-10)7-5-3-2-4-6-7;/h2-6,8,11H,10H2,1H3;1H/t8-;/m0./s1. The zero-order valence-corrected chi connectivity index (χ0v) is 8.58. The van der Waals surface area contributed by atoms with Gasteiger partial charge < -0.3 is 4.74 Å². The first kappa shape index (κ1) is 12.9. The highest BCUT2D eigenvalue weighted by Gasteiger charge is 2.18. The van der Waals surface area contributed by atoms with Crippen LogP contribution in [0.1, 0.15) is 11.6 Å². The number of methoxy groups -OCH3 is 1. The Morgan fingerprint density at radius 1 is 1.43 bits per heavy atom. The molecule has 0 aliphatic rings. The molecule has 0 spiro atoms. The average Bonchev–Trinajstić information content (AvgIpc) is 2.20. The molecule has 5 heteroatoms. The van der Waals surface area contributed by atoms with E-state index < -0.39 is 12.0 Å². The highest BCUT2D eigenvalue weighted by atomic mass is 35.5. The number of hydrazine groups is 1. The van der Waals surface area contributed by atoms with Crippen molar-refractivity contribution in [2.45, 2.75) is 6.04 Å².